The molecule has 0 bridgehead atoms. The fourth-order valence-electron chi connectivity index (χ4n) is 2.74. The standard InChI is InChI=1S/C19H22N2O2/c22-19(16-10-11-20-14-16)21-12-9-15-5-4-8-18(13-15)23-17-6-2-1-3-7-17/h1-8,13,16,20H,9-12,14H2,(H,21,22). The van der Waals surface area contributed by atoms with Crippen molar-refractivity contribution in [3.8, 4) is 11.5 Å². The van der Waals surface area contributed by atoms with E-state index >= 15 is 0 Å². The molecule has 2 aromatic carbocycles. The second-order valence-electron chi connectivity index (χ2n) is 5.79. The van der Waals surface area contributed by atoms with Crippen molar-refractivity contribution in [2.24, 2.45) is 5.92 Å². The summed E-state index contributed by atoms with van der Waals surface area (Å²) in [4.78, 5) is 12.0. The van der Waals surface area contributed by atoms with Crippen LogP contribution in [-0.4, -0.2) is 25.5 Å². The van der Waals surface area contributed by atoms with E-state index in [1.54, 1.807) is 0 Å². The molecule has 2 N–H and O–H groups in total. The highest BCUT2D eigenvalue weighted by molar-refractivity contribution is 5.79. The first kappa shape index (κ1) is 15.6. The Balaban J connectivity index is 1.50. The zero-order chi connectivity index (χ0) is 15.9. The Hall–Kier alpha value is -2.33. The number of carbonyl (C=O) groups is 1. The minimum atomic E-state index is 0.128. The summed E-state index contributed by atoms with van der Waals surface area (Å²) in [6, 6.07) is 17.7. The lowest BCUT2D eigenvalue weighted by atomic mass is 10.1. The number of hydrogen-bond acceptors (Lipinski definition) is 3. The lowest BCUT2D eigenvalue weighted by molar-refractivity contribution is -0.124. The van der Waals surface area contributed by atoms with Gasteiger partial charge in [0.05, 0.1) is 5.92 Å². The van der Waals surface area contributed by atoms with Crippen LogP contribution < -0.4 is 15.4 Å². The number of benzene rings is 2. The number of nitrogens with one attached hydrogen (secondary N) is 2. The summed E-state index contributed by atoms with van der Waals surface area (Å²) in [5, 5.41) is 6.24. The average Bonchev–Trinajstić information content (AvgIpc) is 3.11. The maximum Gasteiger partial charge on any atom is 0.224 e. The lowest BCUT2D eigenvalue weighted by Crippen LogP contribution is -2.33. The summed E-state index contributed by atoms with van der Waals surface area (Å²) in [6.07, 6.45) is 1.74. The van der Waals surface area contributed by atoms with Gasteiger partial charge in [0.15, 0.2) is 0 Å². The third-order valence-electron chi connectivity index (χ3n) is 4.02. The predicted octanol–water partition coefficient (Wildman–Crippen LogP) is 2.75. The van der Waals surface area contributed by atoms with Crippen LogP contribution in [0.2, 0.25) is 0 Å². The van der Waals surface area contributed by atoms with E-state index in [1.165, 1.54) is 0 Å². The lowest BCUT2D eigenvalue weighted by Gasteiger charge is -2.11. The zero-order valence-electron chi connectivity index (χ0n) is 13.1. The van der Waals surface area contributed by atoms with Gasteiger partial charge in [-0.25, -0.2) is 0 Å². The van der Waals surface area contributed by atoms with E-state index in [4.69, 9.17) is 4.74 Å². The number of ether oxygens (including phenoxy) is 1. The van der Waals surface area contributed by atoms with Crippen molar-refractivity contribution in [2.75, 3.05) is 19.6 Å². The molecule has 4 heteroatoms. The van der Waals surface area contributed by atoms with Crippen molar-refractivity contribution in [3.05, 3.63) is 60.2 Å². The molecule has 1 saturated heterocycles. The molecule has 0 radical (unpaired) electrons. The van der Waals surface area contributed by atoms with Crippen LogP contribution in [0.15, 0.2) is 54.6 Å². The normalized spacial score (nSPS) is 17.0. The van der Waals surface area contributed by atoms with Crippen LogP contribution in [0, 0.1) is 5.92 Å². The predicted molar refractivity (Wildman–Crippen MR) is 90.6 cm³/mol. The molecule has 1 unspecified atom stereocenters. The van der Waals surface area contributed by atoms with Gasteiger partial charge in [-0.3, -0.25) is 4.79 Å². The van der Waals surface area contributed by atoms with Crippen molar-refractivity contribution in [1.29, 1.82) is 0 Å². The van der Waals surface area contributed by atoms with Crippen LogP contribution in [0.4, 0.5) is 0 Å². The summed E-state index contributed by atoms with van der Waals surface area (Å²) in [6.45, 7) is 2.40. The van der Waals surface area contributed by atoms with Crippen molar-refractivity contribution in [3.63, 3.8) is 0 Å². The van der Waals surface area contributed by atoms with Crippen molar-refractivity contribution >= 4 is 5.91 Å². The van der Waals surface area contributed by atoms with Crippen LogP contribution in [-0.2, 0) is 11.2 Å². The molecule has 4 nitrogen and oxygen atoms in total. The highest BCUT2D eigenvalue weighted by atomic mass is 16.5. The van der Waals surface area contributed by atoms with Crippen molar-refractivity contribution < 1.29 is 9.53 Å². The summed E-state index contributed by atoms with van der Waals surface area (Å²) >= 11 is 0. The molecule has 1 amide bonds. The van der Waals surface area contributed by atoms with E-state index in [-0.39, 0.29) is 11.8 Å². The van der Waals surface area contributed by atoms with Gasteiger partial charge >= 0.3 is 0 Å². The molecule has 120 valence electrons. The monoisotopic (exact) mass is 310 g/mol. The van der Waals surface area contributed by atoms with Gasteiger partial charge in [0.25, 0.3) is 0 Å². The van der Waals surface area contributed by atoms with Crippen LogP contribution in [0.3, 0.4) is 0 Å². The quantitative estimate of drug-likeness (QED) is 0.862. The molecule has 1 aliphatic rings. The zero-order valence-corrected chi connectivity index (χ0v) is 13.1. The second kappa shape index (κ2) is 7.79. The van der Waals surface area contributed by atoms with Crippen LogP contribution in [0.5, 0.6) is 11.5 Å². The number of para-hydroxylation sites is 1. The molecule has 1 aliphatic heterocycles. The van der Waals surface area contributed by atoms with E-state index < -0.39 is 0 Å². The Morgan fingerprint density at radius 2 is 1.96 bits per heavy atom. The Bertz CT molecular complexity index is 637. The van der Waals surface area contributed by atoms with E-state index in [9.17, 15) is 4.79 Å². The second-order valence-corrected chi connectivity index (χ2v) is 5.79. The molecule has 1 atom stereocenters. The molecular weight excluding hydrogens is 288 g/mol. The smallest absolute Gasteiger partial charge is 0.224 e. The maximum atomic E-state index is 12.0. The first-order valence-electron chi connectivity index (χ1n) is 8.11. The first-order valence-corrected chi connectivity index (χ1v) is 8.11. The number of rotatable bonds is 6. The van der Waals surface area contributed by atoms with Crippen LogP contribution >= 0.6 is 0 Å². The third-order valence-corrected chi connectivity index (χ3v) is 4.02. The molecule has 2 aromatic rings. The summed E-state index contributed by atoms with van der Waals surface area (Å²) in [7, 11) is 0. The summed E-state index contributed by atoms with van der Waals surface area (Å²) in [5.74, 6) is 1.93. The van der Waals surface area contributed by atoms with E-state index in [0.29, 0.717) is 6.54 Å². The minimum absolute atomic E-state index is 0.128. The molecule has 0 aromatic heterocycles. The van der Waals surface area contributed by atoms with Gasteiger partial charge in [0, 0.05) is 13.1 Å². The highest BCUT2D eigenvalue weighted by Gasteiger charge is 2.21. The van der Waals surface area contributed by atoms with E-state index in [1.807, 2.05) is 48.5 Å². The van der Waals surface area contributed by atoms with Gasteiger partial charge < -0.3 is 15.4 Å². The van der Waals surface area contributed by atoms with Crippen molar-refractivity contribution in [2.45, 2.75) is 12.8 Å². The van der Waals surface area contributed by atoms with Gasteiger partial charge in [-0.1, -0.05) is 30.3 Å². The molecule has 0 saturated carbocycles. The summed E-state index contributed by atoms with van der Waals surface area (Å²) in [5.41, 5.74) is 1.16. The number of hydrogen-bond donors (Lipinski definition) is 2. The largest absolute Gasteiger partial charge is 0.457 e. The maximum absolute atomic E-state index is 12.0. The molecular formula is C19H22N2O2. The Kier molecular flexibility index (Phi) is 5.27. The van der Waals surface area contributed by atoms with Gasteiger partial charge in [-0.2, -0.15) is 0 Å². The van der Waals surface area contributed by atoms with E-state index in [2.05, 4.69) is 16.7 Å². The third kappa shape index (κ3) is 4.57. The number of amides is 1. The molecule has 1 heterocycles. The average molecular weight is 310 g/mol. The van der Waals surface area contributed by atoms with Gasteiger partial charge in [0.2, 0.25) is 5.91 Å². The Labute approximate surface area is 136 Å². The SMILES string of the molecule is O=C(NCCc1cccc(Oc2ccccc2)c1)C1CCNC1. The fraction of sp³-hybridized carbons (Fsp3) is 0.316. The van der Waals surface area contributed by atoms with Crippen LogP contribution in [0.1, 0.15) is 12.0 Å². The topological polar surface area (TPSA) is 50.4 Å². The first-order chi connectivity index (χ1) is 11.3. The summed E-state index contributed by atoms with van der Waals surface area (Å²) < 4.78 is 5.83. The van der Waals surface area contributed by atoms with Crippen molar-refractivity contribution in [1.82, 2.24) is 10.6 Å². The molecule has 1 fully saturated rings. The minimum Gasteiger partial charge on any atom is -0.457 e. The van der Waals surface area contributed by atoms with E-state index in [0.717, 1.165) is 43.0 Å². The highest BCUT2D eigenvalue weighted by Crippen LogP contribution is 2.21. The Morgan fingerprint density at radius 1 is 1.13 bits per heavy atom. The van der Waals surface area contributed by atoms with Gasteiger partial charge in [-0.15, -0.1) is 0 Å². The Morgan fingerprint density at radius 3 is 2.74 bits per heavy atom. The number of carbonyl (C=O) groups excluding carboxylic acids is 1. The molecule has 23 heavy (non-hydrogen) atoms. The molecule has 0 spiro atoms. The fourth-order valence-corrected chi connectivity index (χ4v) is 2.74. The molecule has 0 aliphatic carbocycles. The van der Waals surface area contributed by atoms with Gasteiger partial charge in [-0.05, 0) is 49.2 Å². The molecule has 3 rings (SSSR count). The van der Waals surface area contributed by atoms with Crippen LogP contribution in [0.25, 0.3) is 0 Å². The van der Waals surface area contributed by atoms with Gasteiger partial charge in [0.1, 0.15) is 11.5 Å².